The van der Waals surface area contributed by atoms with Crippen molar-refractivity contribution >= 4 is 57.6 Å². The maximum atomic E-state index is 14.6. The Kier molecular flexibility index (Phi) is 9.32. The maximum Gasteiger partial charge on any atom is 0.163 e. The van der Waals surface area contributed by atoms with Gasteiger partial charge >= 0.3 is 0 Å². The summed E-state index contributed by atoms with van der Waals surface area (Å²) in [6.45, 7) is 3.61. The van der Waals surface area contributed by atoms with Crippen LogP contribution in [0.15, 0.2) is 36.7 Å². The lowest BCUT2D eigenvalue weighted by Gasteiger charge is -2.32. The fourth-order valence-electron chi connectivity index (χ4n) is 4.30. The molecule has 1 fully saturated rings. The number of aromatic nitrogens is 4. The summed E-state index contributed by atoms with van der Waals surface area (Å²) in [7, 11) is 1.62. The fraction of sp³-hybridized carbons (Fsp3) is 0.391. The van der Waals surface area contributed by atoms with Crippen LogP contribution >= 0.6 is 36.3 Å². The molecular weight excluding hydrogens is 498 g/mol. The van der Waals surface area contributed by atoms with Gasteiger partial charge in [-0.3, -0.25) is 4.98 Å². The molecule has 0 amide bonds. The molecular formula is C23H27Cl2FN6OS. The van der Waals surface area contributed by atoms with Crippen LogP contribution in [0.2, 0.25) is 0 Å². The van der Waals surface area contributed by atoms with Crippen LogP contribution in [-0.2, 0) is 13.0 Å². The molecule has 11 heteroatoms. The van der Waals surface area contributed by atoms with Crippen LogP contribution in [0.25, 0.3) is 21.3 Å². The van der Waals surface area contributed by atoms with Gasteiger partial charge in [-0.15, -0.1) is 29.9 Å². The third-order valence-electron chi connectivity index (χ3n) is 6.16. The molecule has 5 rings (SSSR count). The first kappa shape index (κ1) is 26.4. The Labute approximate surface area is 214 Å². The van der Waals surface area contributed by atoms with Crippen LogP contribution in [0.3, 0.4) is 0 Å². The molecule has 4 aromatic rings. The van der Waals surface area contributed by atoms with E-state index in [9.17, 15) is 4.39 Å². The van der Waals surface area contributed by atoms with E-state index in [0.29, 0.717) is 18.0 Å². The summed E-state index contributed by atoms with van der Waals surface area (Å²) in [5, 5.41) is 8.57. The van der Waals surface area contributed by atoms with Gasteiger partial charge in [0, 0.05) is 47.8 Å². The van der Waals surface area contributed by atoms with E-state index in [4.69, 9.17) is 4.74 Å². The Bertz CT molecular complexity index is 1230. The van der Waals surface area contributed by atoms with Crippen molar-refractivity contribution in [2.24, 2.45) is 0 Å². The Morgan fingerprint density at radius 1 is 1.12 bits per heavy atom. The first-order chi connectivity index (χ1) is 15.7. The van der Waals surface area contributed by atoms with Gasteiger partial charge in [-0.05, 0) is 62.2 Å². The number of pyridine rings is 2. The number of rotatable bonds is 7. The number of hydrogen-bond donors (Lipinski definition) is 1. The molecule has 0 aliphatic carbocycles. The minimum Gasteiger partial charge on any atom is -0.497 e. The van der Waals surface area contributed by atoms with Gasteiger partial charge in [-0.1, -0.05) is 4.49 Å². The molecule has 0 spiro atoms. The van der Waals surface area contributed by atoms with Gasteiger partial charge in [0.05, 0.1) is 18.8 Å². The summed E-state index contributed by atoms with van der Waals surface area (Å²) in [4.78, 5) is 11.9. The van der Waals surface area contributed by atoms with Gasteiger partial charge in [0.2, 0.25) is 0 Å². The van der Waals surface area contributed by atoms with Crippen molar-refractivity contribution in [1.82, 2.24) is 29.8 Å². The number of nitrogens with zero attached hydrogens (tertiary/aromatic N) is 5. The van der Waals surface area contributed by atoms with Gasteiger partial charge in [-0.2, -0.15) is 0 Å². The maximum absolute atomic E-state index is 14.6. The lowest BCUT2D eigenvalue weighted by molar-refractivity contribution is 0.199. The van der Waals surface area contributed by atoms with E-state index in [1.165, 1.54) is 17.7 Å². The number of piperidine rings is 1. The van der Waals surface area contributed by atoms with E-state index >= 15 is 0 Å². The number of halogens is 3. The summed E-state index contributed by atoms with van der Waals surface area (Å²) >= 11 is 1.32. The zero-order valence-corrected chi connectivity index (χ0v) is 21.2. The van der Waals surface area contributed by atoms with Crippen molar-refractivity contribution in [3.05, 3.63) is 53.6 Å². The van der Waals surface area contributed by atoms with Crippen molar-refractivity contribution < 1.29 is 9.13 Å². The zero-order valence-electron chi connectivity index (χ0n) is 18.7. The predicted molar refractivity (Wildman–Crippen MR) is 138 cm³/mol. The van der Waals surface area contributed by atoms with Crippen LogP contribution < -0.4 is 10.1 Å². The average molecular weight is 525 g/mol. The Balaban J connectivity index is 0.00000162. The Hall–Kier alpha value is -2.17. The third kappa shape index (κ3) is 5.90. The lowest BCUT2D eigenvalue weighted by atomic mass is 10.0. The smallest absolute Gasteiger partial charge is 0.163 e. The molecule has 0 saturated carbocycles. The number of hydrogen-bond acceptors (Lipinski definition) is 8. The predicted octanol–water partition coefficient (Wildman–Crippen LogP) is 4.42. The zero-order chi connectivity index (χ0) is 21.9. The normalized spacial score (nSPS) is 14.6. The summed E-state index contributed by atoms with van der Waals surface area (Å²) in [6, 6.07) is 8.14. The second-order valence-electron chi connectivity index (χ2n) is 8.16. The Morgan fingerprint density at radius 3 is 2.74 bits per heavy atom. The first-order valence-electron chi connectivity index (χ1n) is 10.8. The van der Waals surface area contributed by atoms with E-state index in [1.807, 2.05) is 24.4 Å². The monoisotopic (exact) mass is 524 g/mol. The van der Waals surface area contributed by atoms with Crippen LogP contribution in [0.1, 0.15) is 24.0 Å². The highest BCUT2D eigenvalue weighted by Gasteiger charge is 2.20. The van der Waals surface area contributed by atoms with E-state index in [0.717, 1.165) is 71.6 Å². The SMILES string of the molecule is COc1ccc2ncc(F)c(CCN3CCC(NCc4cnc5snnc5c4)CC3)c2c1.Cl.Cl. The standard InChI is InChI=1S/C23H25FN6OS.2ClH/c1-31-17-2-3-21-19(11-17)18(20(24)14-26-21)6-9-30-7-4-16(5-8-30)25-12-15-10-22-23(27-13-15)32-29-28-22;;/h2-3,10-11,13-14,16,25H,4-9,12H2,1H3;2*1H. The van der Waals surface area contributed by atoms with E-state index in [1.54, 1.807) is 7.11 Å². The molecule has 1 aliphatic rings. The minimum absolute atomic E-state index is 0. The largest absolute Gasteiger partial charge is 0.497 e. The highest BCUT2D eigenvalue weighted by Crippen LogP contribution is 2.25. The number of nitrogens with one attached hydrogen (secondary N) is 1. The summed E-state index contributed by atoms with van der Waals surface area (Å²) in [6.07, 6.45) is 6.02. The molecule has 182 valence electrons. The summed E-state index contributed by atoms with van der Waals surface area (Å²) in [5.41, 5.74) is 3.50. The number of benzene rings is 1. The minimum atomic E-state index is -0.247. The van der Waals surface area contributed by atoms with Gasteiger partial charge in [0.15, 0.2) is 4.83 Å². The van der Waals surface area contributed by atoms with Crippen molar-refractivity contribution in [3.8, 4) is 5.75 Å². The third-order valence-corrected chi connectivity index (χ3v) is 6.81. The average Bonchev–Trinajstić information content (AvgIpc) is 3.30. The number of fused-ring (bicyclic) bond motifs is 2. The molecule has 1 N–H and O–H groups in total. The van der Waals surface area contributed by atoms with Crippen molar-refractivity contribution in [3.63, 3.8) is 0 Å². The molecule has 0 atom stereocenters. The highest BCUT2D eigenvalue weighted by atomic mass is 35.5. The topological polar surface area (TPSA) is 76.1 Å². The van der Waals surface area contributed by atoms with E-state index in [-0.39, 0.29) is 30.6 Å². The first-order valence-corrected chi connectivity index (χ1v) is 11.6. The number of ether oxygens (including phenoxy) is 1. The second kappa shape index (κ2) is 12.0. The molecule has 1 saturated heterocycles. The van der Waals surface area contributed by atoms with Crippen LogP contribution in [0, 0.1) is 5.82 Å². The molecule has 1 aliphatic heterocycles. The number of methoxy groups -OCH3 is 1. The van der Waals surface area contributed by atoms with Gasteiger partial charge in [0.25, 0.3) is 0 Å². The van der Waals surface area contributed by atoms with Crippen LogP contribution in [-0.4, -0.2) is 57.2 Å². The lowest BCUT2D eigenvalue weighted by Crippen LogP contribution is -2.42. The second-order valence-corrected chi connectivity index (χ2v) is 8.89. The highest BCUT2D eigenvalue weighted by molar-refractivity contribution is 7.12. The van der Waals surface area contributed by atoms with Gasteiger partial charge in [-0.25, -0.2) is 9.37 Å². The molecule has 0 bridgehead atoms. The van der Waals surface area contributed by atoms with E-state index < -0.39 is 0 Å². The van der Waals surface area contributed by atoms with Gasteiger partial charge < -0.3 is 15.0 Å². The number of likely N-dealkylation sites (tertiary alicyclic amines) is 1. The van der Waals surface area contributed by atoms with Crippen molar-refractivity contribution in [1.29, 1.82) is 0 Å². The molecule has 4 heterocycles. The fourth-order valence-corrected chi connectivity index (χ4v) is 4.80. The molecule has 7 nitrogen and oxygen atoms in total. The molecule has 0 radical (unpaired) electrons. The quantitative estimate of drug-likeness (QED) is 0.383. The summed E-state index contributed by atoms with van der Waals surface area (Å²) in [5.74, 6) is 0.474. The molecule has 1 aromatic carbocycles. The molecule has 3 aromatic heterocycles. The van der Waals surface area contributed by atoms with Crippen LogP contribution in [0.5, 0.6) is 5.75 Å². The van der Waals surface area contributed by atoms with Crippen molar-refractivity contribution in [2.75, 3.05) is 26.7 Å². The Morgan fingerprint density at radius 2 is 1.94 bits per heavy atom. The summed E-state index contributed by atoms with van der Waals surface area (Å²) < 4.78 is 23.8. The van der Waals surface area contributed by atoms with Crippen LogP contribution in [0.4, 0.5) is 4.39 Å². The van der Waals surface area contributed by atoms with Crippen molar-refractivity contribution in [2.45, 2.75) is 31.8 Å². The van der Waals surface area contributed by atoms with E-state index in [2.05, 4.69) is 35.8 Å². The molecule has 34 heavy (non-hydrogen) atoms. The van der Waals surface area contributed by atoms with Gasteiger partial charge in [0.1, 0.15) is 17.1 Å². The molecule has 0 unspecified atom stereocenters.